The molecule has 108 valence electrons. The second-order valence-corrected chi connectivity index (χ2v) is 5.01. The first-order valence-corrected chi connectivity index (χ1v) is 6.78. The number of nitrogens with one attached hydrogen (secondary N) is 1. The molecule has 0 radical (unpaired) electrons. The van der Waals surface area contributed by atoms with Gasteiger partial charge in [0.05, 0.1) is 32.8 Å². The minimum atomic E-state index is -0.493. The average molecular weight is 271 g/mol. The number of amides is 1. The maximum atomic E-state index is 11.9. The van der Waals surface area contributed by atoms with E-state index in [2.05, 4.69) is 5.32 Å². The van der Waals surface area contributed by atoms with E-state index in [9.17, 15) is 9.59 Å². The molecule has 1 saturated heterocycles. The van der Waals surface area contributed by atoms with Crippen molar-refractivity contribution in [3.8, 4) is 0 Å². The maximum Gasteiger partial charge on any atom is 0.308 e. The number of methoxy groups -OCH3 is 1. The lowest BCUT2D eigenvalue weighted by Crippen LogP contribution is -2.47. The first-order chi connectivity index (χ1) is 9.20. The van der Waals surface area contributed by atoms with Crippen LogP contribution in [0.2, 0.25) is 0 Å². The van der Waals surface area contributed by atoms with Gasteiger partial charge in [-0.1, -0.05) is 0 Å². The second kappa shape index (κ2) is 6.86. The summed E-state index contributed by atoms with van der Waals surface area (Å²) in [6.07, 6.45) is 2.64. The molecule has 6 heteroatoms. The monoisotopic (exact) mass is 271 g/mol. The minimum absolute atomic E-state index is 0.0209. The fraction of sp³-hybridized carbons (Fsp3) is 0.846. The van der Waals surface area contributed by atoms with Crippen LogP contribution in [0.4, 0.5) is 0 Å². The number of esters is 1. The van der Waals surface area contributed by atoms with Gasteiger partial charge in [-0.25, -0.2) is 0 Å². The molecule has 6 nitrogen and oxygen atoms in total. The molecule has 1 unspecified atom stereocenters. The van der Waals surface area contributed by atoms with Gasteiger partial charge in [0.1, 0.15) is 0 Å². The molecule has 1 N–H and O–H groups in total. The van der Waals surface area contributed by atoms with Crippen molar-refractivity contribution in [2.75, 3.05) is 26.9 Å². The molecule has 0 spiro atoms. The molecular weight excluding hydrogens is 250 g/mol. The van der Waals surface area contributed by atoms with Crippen molar-refractivity contribution in [3.63, 3.8) is 0 Å². The fourth-order valence-electron chi connectivity index (χ4n) is 2.57. The van der Waals surface area contributed by atoms with Gasteiger partial charge < -0.3 is 19.5 Å². The number of carbonyl (C=O) groups excluding carboxylic acids is 2. The number of ether oxygens (including phenoxy) is 3. The zero-order valence-corrected chi connectivity index (χ0v) is 11.2. The van der Waals surface area contributed by atoms with Crippen LogP contribution >= 0.6 is 0 Å². The van der Waals surface area contributed by atoms with Crippen molar-refractivity contribution in [1.82, 2.24) is 5.32 Å². The van der Waals surface area contributed by atoms with Gasteiger partial charge in [0, 0.05) is 6.04 Å². The predicted octanol–water partition coefficient (Wildman–Crippen LogP) is 0.250. The van der Waals surface area contributed by atoms with Crippen LogP contribution < -0.4 is 5.32 Å². The van der Waals surface area contributed by atoms with Crippen LogP contribution in [0.15, 0.2) is 0 Å². The Labute approximate surface area is 112 Å². The first-order valence-electron chi connectivity index (χ1n) is 6.78. The van der Waals surface area contributed by atoms with Crippen molar-refractivity contribution < 1.29 is 23.8 Å². The van der Waals surface area contributed by atoms with Crippen LogP contribution in [-0.4, -0.2) is 51.0 Å². The van der Waals surface area contributed by atoms with Crippen LogP contribution in [0.5, 0.6) is 0 Å². The summed E-state index contributed by atoms with van der Waals surface area (Å²) in [5.74, 6) is -0.276. The lowest BCUT2D eigenvalue weighted by Gasteiger charge is -2.29. The molecule has 0 bridgehead atoms. The van der Waals surface area contributed by atoms with Crippen molar-refractivity contribution >= 4 is 11.9 Å². The summed E-state index contributed by atoms with van der Waals surface area (Å²) < 4.78 is 15.3. The lowest BCUT2D eigenvalue weighted by atomic mass is 9.86. The predicted molar refractivity (Wildman–Crippen MR) is 66.5 cm³/mol. The largest absolute Gasteiger partial charge is 0.469 e. The maximum absolute atomic E-state index is 11.9. The molecule has 1 atom stereocenters. The molecule has 2 aliphatic rings. The first kappa shape index (κ1) is 14.3. The second-order valence-electron chi connectivity index (χ2n) is 5.01. The average Bonchev–Trinajstić information content (AvgIpc) is 2.48. The van der Waals surface area contributed by atoms with E-state index in [0.29, 0.717) is 19.8 Å². The molecule has 0 aromatic heterocycles. The van der Waals surface area contributed by atoms with Gasteiger partial charge in [-0.05, 0) is 25.7 Å². The molecule has 1 heterocycles. The highest BCUT2D eigenvalue weighted by Crippen LogP contribution is 2.25. The Morgan fingerprint density at radius 2 is 1.89 bits per heavy atom. The summed E-state index contributed by atoms with van der Waals surface area (Å²) in [6.45, 7) is 1.34. The molecule has 0 aromatic carbocycles. The van der Waals surface area contributed by atoms with Gasteiger partial charge in [-0.2, -0.15) is 0 Å². The van der Waals surface area contributed by atoms with E-state index >= 15 is 0 Å². The highest BCUT2D eigenvalue weighted by molar-refractivity contribution is 5.81. The number of rotatable bonds is 3. The van der Waals surface area contributed by atoms with Crippen LogP contribution in [0, 0.1) is 5.92 Å². The summed E-state index contributed by atoms with van der Waals surface area (Å²) in [7, 11) is 1.41. The summed E-state index contributed by atoms with van der Waals surface area (Å²) in [5.41, 5.74) is 0. The van der Waals surface area contributed by atoms with E-state index in [1.54, 1.807) is 0 Å². The topological polar surface area (TPSA) is 73.9 Å². The Hall–Kier alpha value is -1.14. The molecule has 2 fully saturated rings. The summed E-state index contributed by atoms with van der Waals surface area (Å²) >= 11 is 0. The molecule has 2 rings (SSSR count). The van der Waals surface area contributed by atoms with Gasteiger partial charge in [0.15, 0.2) is 6.10 Å². The normalized spacial score (nSPS) is 31.5. The van der Waals surface area contributed by atoms with Crippen LogP contribution in [0.1, 0.15) is 25.7 Å². The third-order valence-corrected chi connectivity index (χ3v) is 3.72. The van der Waals surface area contributed by atoms with E-state index in [1.165, 1.54) is 7.11 Å². The zero-order valence-electron chi connectivity index (χ0n) is 11.2. The van der Waals surface area contributed by atoms with Crippen molar-refractivity contribution in [2.45, 2.75) is 37.8 Å². The Balaban J connectivity index is 1.72. The Kier molecular flexibility index (Phi) is 5.15. The third-order valence-electron chi connectivity index (χ3n) is 3.72. The standard InChI is InChI=1S/C13H21NO5/c1-17-13(16)9-2-4-10(5-3-9)14-12(15)11-8-18-6-7-19-11/h9-11H,2-8H2,1H3,(H,14,15). The Morgan fingerprint density at radius 1 is 1.16 bits per heavy atom. The molecule has 1 aliphatic carbocycles. The van der Waals surface area contributed by atoms with Crippen LogP contribution in [0.25, 0.3) is 0 Å². The number of hydrogen-bond donors (Lipinski definition) is 1. The molecule has 1 saturated carbocycles. The van der Waals surface area contributed by atoms with E-state index < -0.39 is 6.10 Å². The molecule has 19 heavy (non-hydrogen) atoms. The van der Waals surface area contributed by atoms with Crippen LogP contribution in [-0.2, 0) is 23.8 Å². The minimum Gasteiger partial charge on any atom is -0.469 e. The number of carbonyl (C=O) groups is 2. The quantitative estimate of drug-likeness (QED) is 0.745. The van der Waals surface area contributed by atoms with Crippen molar-refractivity contribution in [3.05, 3.63) is 0 Å². The molecular formula is C13H21NO5. The Morgan fingerprint density at radius 3 is 2.47 bits per heavy atom. The van der Waals surface area contributed by atoms with Gasteiger partial charge in [0.2, 0.25) is 0 Å². The lowest BCUT2D eigenvalue weighted by molar-refractivity contribution is -0.149. The molecule has 1 amide bonds. The van der Waals surface area contributed by atoms with Gasteiger partial charge in [-0.15, -0.1) is 0 Å². The zero-order chi connectivity index (χ0) is 13.7. The van der Waals surface area contributed by atoms with E-state index in [0.717, 1.165) is 25.7 Å². The van der Waals surface area contributed by atoms with Gasteiger partial charge >= 0.3 is 5.97 Å². The smallest absolute Gasteiger partial charge is 0.308 e. The summed E-state index contributed by atoms with van der Waals surface area (Å²) in [6, 6.07) is 0.124. The number of hydrogen-bond acceptors (Lipinski definition) is 5. The SMILES string of the molecule is COC(=O)C1CCC(NC(=O)C2COCCO2)CC1. The van der Waals surface area contributed by atoms with E-state index in [4.69, 9.17) is 14.2 Å². The highest BCUT2D eigenvalue weighted by Gasteiger charge is 2.30. The highest BCUT2D eigenvalue weighted by atomic mass is 16.6. The van der Waals surface area contributed by atoms with Gasteiger partial charge in [0.25, 0.3) is 5.91 Å². The summed E-state index contributed by atoms with van der Waals surface area (Å²) in [4.78, 5) is 23.3. The van der Waals surface area contributed by atoms with Crippen molar-refractivity contribution in [2.24, 2.45) is 5.92 Å². The van der Waals surface area contributed by atoms with Gasteiger partial charge in [-0.3, -0.25) is 9.59 Å². The van der Waals surface area contributed by atoms with E-state index in [1.807, 2.05) is 0 Å². The fourth-order valence-corrected chi connectivity index (χ4v) is 2.57. The van der Waals surface area contributed by atoms with E-state index in [-0.39, 0.29) is 23.8 Å². The van der Waals surface area contributed by atoms with Crippen molar-refractivity contribution in [1.29, 1.82) is 0 Å². The summed E-state index contributed by atoms with van der Waals surface area (Å²) in [5, 5.41) is 2.97. The third kappa shape index (κ3) is 3.91. The molecule has 0 aromatic rings. The Bertz CT molecular complexity index is 319. The van der Waals surface area contributed by atoms with Crippen LogP contribution in [0.3, 0.4) is 0 Å². The molecule has 1 aliphatic heterocycles.